The molecule has 2 heterocycles. The molecule has 2 aromatic rings. The smallest absolute Gasteiger partial charge is 0.258 e. The summed E-state index contributed by atoms with van der Waals surface area (Å²) in [5.41, 5.74) is 0.734. The highest BCUT2D eigenvalue weighted by Gasteiger charge is 2.12. The number of anilines is 1. The first-order valence-corrected chi connectivity index (χ1v) is 11.9. The van der Waals surface area contributed by atoms with Gasteiger partial charge < -0.3 is 19.5 Å². The Kier molecular flexibility index (Phi) is 10.5. The van der Waals surface area contributed by atoms with E-state index in [1.165, 1.54) is 18.3 Å². The lowest BCUT2D eigenvalue weighted by molar-refractivity contribution is 0.0320. The largest absolute Gasteiger partial charge is 0.491 e. The Morgan fingerprint density at radius 3 is 2.71 bits per heavy atom. The zero-order chi connectivity index (χ0) is 24.2. The monoisotopic (exact) mass is 490 g/mol. The summed E-state index contributed by atoms with van der Waals surface area (Å²) in [7, 11) is 0. The highest BCUT2D eigenvalue weighted by molar-refractivity contribution is 7.80. The average Bonchev–Trinajstić information content (AvgIpc) is 2.84. The molecule has 0 spiro atoms. The van der Waals surface area contributed by atoms with Crippen LogP contribution >= 0.6 is 12.2 Å². The molecule has 1 aliphatic heterocycles. The molecule has 10 heteroatoms. The highest BCUT2D eigenvalue weighted by atomic mass is 32.1. The topological polar surface area (TPSA) is 85.0 Å². The number of halogens is 1. The Bertz CT molecular complexity index is 939. The fourth-order valence-corrected chi connectivity index (χ4v) is 3.48. The van der Waals surface area contributed by atoms with Gasteiger partial charge in [-0.2, -0.15) is 0 Å². The Morgan fingerprint density at radius 1 is 1.18 bits per heavy atom. The Labute approximate surface area is 204 Å². The second-order valence-electron chi connectivity index (χ2n) is 7.80. The third-order valence-electron chi connectivity index (χ3n) is 5.18. The predicted octanol–water partition coefficient (Wildman–Crippen LogP) is 3.63. The molecule has 1 saturated heterocycles. The zero-order valence-electron chi connectivity index (χ0n) is 19.3. The first-order chi connectivity index (χ1) is 16.5. The van der Waals surface area contributed by atoms with E-state index in [2.05, 4.69) is 27.4 Å². The van der Waals surface area contributed by atoms with Crippen molar-refractivity contribution in [3.05, 3.63) is 47.9 Å². The van der Waals surface area contributed by atoms with Crippen LogP contribution in [0.5, 0.6) is 11.6 Å². The van der Waals surface area contributed by atoms with Crippen LogP contribution in [-0.2, 0) is 4.74 Å². The lowest BCUT2D eigenvalue weighted by atomic mass is 10.2. The molecule has 0 radical (unpaired) electrons. The van der Waals surface area contributed by atoms with Crippen LogP contribution in [0.4, 0.5) is 10.1 Å². The van der Waals surface area contributed by atoms with Gasteiger partial charge in [-0.1, -0.05) is 19.8 Å². The molecule has 0 saturated carbocycles. The van der Waals surface area contributed by atoms with Gasteiger partial charge >= 0.3 is 0 Å². The Balaban J connectivity index is 1.42. The van der Waals surface area contributed by atoms with E-state index in [0.29, 0.717) is 30.3 Å². The van der Waals surface area contributed by atoms with Crippen molar-refractivity contribution in [3.8, 4) is 11.6 Å². The van der Waals surface area contributed by atoms with Crippen molar-refractivity contribution in [2.24, 2.45) is 0 Å². The maximum absolute atomic E-state index is 14.2. The standard InChI is InChI=1S/C24H31FN4O4S/c1-2-3-4-12-32-21-7-6-19(16-20(21)25)27-24(34)28-23(30)18-5-8-22(26-17-18)33-15-11-29-9-13-31-14-10-29/h5-8,16-17H,2-4,9-15H2,1H3,(H2,27,28,30,34). The van der Waals surface area contributed by atoms with Crippen molar-refractivity contribution < 1.29 is 23.4 Å². The summed E-state index contributed by atoms with van der Waals surface area (Å²) in [6.07, 6.45) is 4.41. The number of morpholine rings is 1. The summed E-state index contributed by atoms with van der Waals surface area (Å²) in [5, 5.41) is 5.41. The fourth-order valence-electron chi connectivity index (χ4n) is 3.27. The number of carbonyl (C=O) groups is 1. The van der Waals surface area contributed by atoms with Gasteiger partial charge in [-0.05, 0) is 36.8 Å². The van der Waals surface area contributed by atoms with E-state index >= 15 is 0 Å². The van der Waals surface area contributed by atoms with Gasteiger partial charge in [0.15, 0.2) is 16.7 Å². The van der Waals surface area contributed by atoms with E-state index in [1.54, 1.807) is 18.2 Å². The number of aromatic nitrogens is 1. The molecule has 2 N–H and O–H groups in total. The summed E-state index contributed by atoms with van der Waals surface area (Å²) >= 11 is 5.18. The van der Waals surface area contributed by atoms with Crippen LogP contribution in [0.2, 0.25) is 0 Å². The van der Waals surface area contributed by atoms with Gasteiger partial charge in [0.1, 0.15) is 6.61 Å². The van der Waals surface area contributed by atoms with Gasteiger partial charge in [-0.3, -0.25) is 15.0 Å². The van der Waals surface area contributed by atoms with Crippen LogP contribution in [0, 0.1) is 5.82 Å². The van der Waals surface area contributed by atoms with Crippen molar-refractivity contribution in [3.63, 3.8) is 0 Å². The number of thiocarbonyl (C=S) groups is 1. The molecule has 1 aromatic carbocycles. The number of ether oxygens (including phenoxy) is 3. The van der Waals surface area contributed by atoms with E-state index < -0.39 is 11.7 Å². The summed E-state index contributed by atoms with van der Waals surface area (Å²) in [5.74, 6) is -0.293. The van der Waals surface area contributed by atoms with Crippen molar-refractivity contribution in [2.45, 2.75) is 26.2 Å². The molecule has 1 fully saturated rings. The number of amides is 1. The van der Waals surface area contributed by atoms with Gasteiger partial charge in [0.25, 0.3) is 5.91 Å². The minimum absolute atomic E-state index is 0.0480. The first-order valence-electron chi connectivity index (χ1n) is 11.5. The van der Waals surface area contributed by atoms with Crippen LogP contribution in [-0.4, -0.2) is 67.0 Å². The number of unbranched alkanes of at least 4 members (excludes halogenated alkanes) is 2. The molecular weight excluding hydrogens is 459 g/mol. The predicted molar refractivity (Wildman–Crippen MR) is 132 cm³/mol. The second kappa shape index (κ2) is 13.8. The number of hydrogen-bond acceptors (Lipinski definition) is 7. The fraction of sp³-hybridized carbons (Fsp3) is 0.458. The van der Waals surface area contributed by atoms with Crippen molar-refractivity contribution in [1.82, 2.24) is 15.2 Å². The van der Waals surface area contributed by atoms with Crippen LogP contribution in [0.3, 0.4) is 0 Å². The van der Waals surface area contributed by atoms with E-state index in [1.807, 2.05) is 0 Å². The minimum Gasteiger partial charge on any atom is -0.491 e. The van der Waals surface area contributed by atoms with Gasteiger partial charge in [-0.15, -0.1) is 0 Å². The van der Waals surface area contributed by atoms with Crippen molar-refractivity contribution in [1.29, 1.82) is 0 Å². The van der Waals surface area contributed by atoms with E-state index in [-0.39, 0.29) is 10.9 Å². The highest BCUT2D eigenvalue weighted by Crippen LogP contribution is 2.21. The lowest BCUT2D eigenvalue weighted by Crippen LogP contribution is -2.38. The summed E-state index contributed by atoms with van der Waals surface area (Å²) in [6.45, 7) is 7.14. The third kappa shape index (κ3) is 8.51. The van der Waals surface area contributed by atoms with Crippen molar-refractivity contribution in [2.75, 3.05) is 51.4 Å². The number of pyridine rings is 1. The Hall–Kier alpha value is -2.82. The van der Waals surface area contributed by atoms with E-state index in [0.717, 1.165) is 52.1 Å². The van der Waals surface area contributed by atoms with Crippen LogP contribution in [0.25, 0.3) is 0 Å². The van der Waals surface area contributed by atoms with Gasteiger partial charge in [-0.25, -0.2) is 9.37 Å². The molecule has 0 bridgehead atoms. The molecule has 1 amide bonds. The van der Waals surface area contributed by atoms with Crippen LogP contribution in [0.1, 0.15) is 36.5 Å². The van der Waals surface area contributed by atoms with Crippen LogP contribution in [0.15, 0.2) is 36.5 Å². The Morgan fingerprint density at radius 2 is 2.00 bits per heavy atom. The molecule has 0 atom stereocenters. The number of carbonyl (C=O) groups excluding carboxylic acids is 1. The number of nitrogens with one attached hydrogen (secondary N) is 2. The average molecular weight is 491 g/mol. The molecule has 0 aliphatic carbocycles. The lowest BCUT2D eigenvalue weighted by Gasteiger charge is -2.26. The molecule has 184 valence electrons. The minimum atomic E-state index is -0.496. The summed E-state index contributed by atoms with van der Waals surface area (Å²) < 4.78 is 30.7. The maximum Gasteiger partial charge on any atom is 0.258 e. The molecule has 34 heavy (non-hydrogen) atoms. The normalized spacial score (nSPS) is 13.8. The SMILES string of the molecule is CCCCCOc1ccc(NC(=S)NC(=O)c2ccc(OCCN3CCOCC3)nc2)cc1F. The third-order valence-corrected chi connectivity index (χ3v) is 5.39. The second-order valence-corrected chi connectivity index (χ2v) is 8.20. The van der Waals surface area contributed by atoms with Gasteiger partial charge in [0, 0.05) is 43.7 Å². The molecule has 8 nitrogen and oxygen atoms in total. The molecule has 1 aliphatic rings. The number of hydrogen-bond donors (Lipinski definition) is 2. The van der Waals surface area contributed by atoms with E-state index in [4.69, 9.17) is 26.4 Å². The van der Waals surface area contributed by atoms with Crippen molar-refractivity contribution >= 4 is 28.9 Å². The zero-order valence-corrected chi connectivity index (χ0v) is 20.2. The number of rotatable bonds is 11. The maximum atomic E-state index is 14.2. The molecular formula is C24H31FN4O4S. The number of benzene rings is 1. The molecule has 1 aromatic heterocycles. The molecule has 3 rings (SSSR count). The van der Waals surface area contributed by atoms with Gasteiger partial charge in [0.2, 0.25) is 5.88 Å². The number of nitrogens with zero attached hydrogens (tertiary/aromatic N) is 2. The summed E-state index contributed by atoms with van der Waals surface area (Å²) in [4.78, 5) is 18.9. The molecule has 0 unspecified atom stereocenters. The van der Waals surface area contributed by atoms with Crippen LogP contribution < -0.4 is 20.1 Å². The quantitative estimate of drug-likeness (QED) is 0.365. The summed E-state index contributed by atoms with van der Waals surface area (Å²) in [6, 6.07) is 7.70. The van der Waals surface area contributed by atoms with E-state index in [9.17, 15) is 9.18 Å². The van der Waals surface area contributed by atoms with Gasteiger partial charge in [0.05, 0.1) is 25.4 Å². The first kappa shape index (κ1) is 25.8.